The molecule has 2 heterocycles. The number of aromatic carboxylic acids is 1. The van der Waals surface area contributed by atoms with Gasteiger partial charge in [-0.25, -0.2) is 4.98 Å². The standard InChI is InChI=1S/C24H16N2O5/c27-23-18-6-1-2-7-19(18)25-22(26(23)17-5-3-4-16(13-17)24(28)29)11-9-15-8-10-20-21(12-15)31-14-30-20/h1-13H,14H2,(H,28,29)/p-1/b11-9+. The first kappa shape index (κ1) is 18.6. The summed E-state index contributed by atoms with van der Waals surface area (Å²) in [5, 5.41) is 11.8. The fraction of sp³-hybridized carbons (Fsp3) is 0.0417. The highest BCUT2D eigenvalue weighted by Crippen LogP contribution is 2.33. The van der Waals surface area contributed by atoms with Crippen LogP contribution in [0, 0.1) is 0 Å². The van der Waals surface area contributed by atoms with Crippen molar-refractivity contribution in [1.82, 2.24) is 9.55 Å². The van der Waals surface area contributed by atoms with Crippen molar-refractivity contribution in [1.29, 1.82) is 0 Å². The molecule has 7 nitrogen and oxygen atoms in total. The highest BCUT2D eigenvalue weighted by molar-refractivity contribution is 5.87. The van der Waals surface area contributed by atoms with Gasteiger partial charge in [0.25, 0.3) is 5.56 Å². The van der Waals surface area contributed by atoms with E-state index in [1.165, 1.54) is 16.7 Å². The number of hydrogen-bond donors (Lipinski definition) is 0. The van der Waals surface area contributed by atoms with Crippen LogP contribution in [0.4, 0.5) is 0 Å². The molecule has 0 radical (unpaired) electrons. The summed E-state index contributed by atoms with van der Waals surface area (Å²) in [5.41, 5.74) is 1.44. The third kappa shape index (κ3) is 3.42. The monoisotopic (exact) mass is 411 g/mol. The fourth-order valence-electron chi connectivity index (χ4n) is 3.47. The Morgan fingerprint density at radius 2 is 1.81 bits per heavy atom. The van der Waals surface area contributed by atoms with Gasteiger partial charge in [0, 0.05) is 0 Å². The number of nitrogens with zero attached hydrogens (tertiary/aromatic N) is 2. The Morgan fingerprint density at radius 3 is 2.68 bits per heavy atom. The molecule has 0 saturated heterocycles. The number of hydrogen-bond acceptors (Lipinski definition) is 6. The van der Waals surface area contributed by atoms with Crippen LogP contribution in [-0.2, 0) is 0 Å². The van der Waals surface area contributed by atoms with E-state index in [2.05, 4.69) is 4.98 Å². The number of para-hydroxylation sites is 1. The van der Waals surface area contributed by atoms with Gasteiger partial charge in [-0.3, -0.25) is 9.36 Å². The minimum absolute atomic E-state index is 0.0248. The van der Waals surface area contributed by atoms with Crippen molar-refractivity contribution < 1.29 is 19.4 Å². The number of benzene rings is 3. The van der Waals surface area contributed by atoms with E-state index in [-0.39, 0.29) is 17.9 Å². The largest absolute Gasteiger partial charge is 0.545 e. The summed E-state index contributed by atoms with van der Waals surface area (Å²) in [6.45, 7) is 0.184. The molecule has 0 amide bonds. The Morgan fingerprint density at radius 1 is 0.968 bits per heavy atom. The predicted molar refractivity (Wildman–Crippen MR) is 113 cm³/mol. The van der Waals surface area contributed by atoms with Crippen LogP contribution >= 0.6 is 0 Å². The number of carbonyl (C=O) groups excluding carboxylic acids is 1. The van der Waals surface area contributed by atoms with Crippen LogP contribution in [0.25, 0.3) is 28.7 Å². The van der Waals surface area contributed by atoms with Crippen molar-refractivity contribution in [3.8, 4) is 17.2 Å². The van der Waals surface area contributed by atoms with E-state index in [0.717, 1.165) is 5.56 Å². The van der Waals surface area contributed by atoms with Crippen molar-refractivity contribution >= 4 is 29.0 Å². The minimum Gasteiger partial charge on any atom is -0.545 e. The molecular formula is C24H15N2O5-. The van der Waals surface area contributed by atoms with E-state index in [1.807, 2.05) is 18.2 Å². The van der Waals surface area contributed by atoms with Gasteiger partial charge in [-0.2, -0.15) is 0 Å². The molecule has 5 rings (SSSR count). The zero-order valence-electron chi connectivity index (χ0n) is 16.1. The summed E-state index contributed by atoms with van der Waals surface area (Å²) >= 11 is 0. The van der Waals surface area contributed by atoms with Crippen LogP contribution in [0.2, 0.25) is 0 Å². The molecular weight excluding hydrogens is 396 g/mol. The van der Waals surface area contributed by atoms with Gasteiger partial charge in [0.15, 0.2) is 11.5 Å². The quantitative estimate of drug-likeness (QED) is 0.513. The third-order valence-corrected chi connectivity index (χ3v) is 4.96. The van der Waals surface area contributed by atoms with Crippen molar-refractivity contribution in [3.05, 3.63) is 94.0 Å². The first-order valence-electron chi connectivity index (χ1n) is 9.51. The Bertz CT molecular complexity index is 1420. The highest BCUT2D eigenvalue weighted by atomic mass is 16.7. The van der Waals surface area contributed by atoms with Crippen LogP contribution in [0.15, 0.2) is 71.5 Å². The van der Waals surface area contributed by atoms with Gasteiger partial charge in [-0.1, -0.05) is 36.4 Å². The number of fused-ring (bicyclic) bond motifs is 2. The molecule has 31 heavy (non-hydrogen) atoms. The van der Waals surface area contributed by atoms with Crippen LogP contribution in [0.3, 0.4) is 0 Å². The second kappa shape index (κ2) is 7.46. The third-order valence-electron chi connectivity index (χ3n) is 4.96. The maximum atomic E-state index is 13.3. The van der Waals surface area contributed by atoms with E-state index in [4.69, 9.17) is 9.47 Å². The molecule has 0 atom stereocenters. The Kier molecular flexibility index (Phi) is 4.48. The number of rotatable bonds is 4. The first-order valence-corrected chi connectivity index (χ1v) is 9.51. The molecule has 0 bridgehead atoms. The molecule has 0 N–H and O–H groups in total. The molecule has 0 aliphatic carbocycles. The maximum Gasteiger partial charge on any atom is 0.266 e. The van der Waals surface area contributed by atoms with E-state index >= 15 is 0 Å². The van der Waals surface area contributed by atoms with E-state index < -0.39 is 5.97 Å². The van der Waals surface area contributed by atoms with Gasteiger partial charge in [0.05, 0.1) is 22.6 Å². The summed E-state index contributed by atoms with van der Waals surface area (Å²) in [7, 11) is 0. The summed E-state index contributed by atoms with van der Waals surface area (Å²) in [6, 6.07) is 18.6. The van der Waals surface area contributed by atoms with Gasteiger partial charge in [0.2, 0.25) is 6.79 Å². The number of carboxylic acids is 1. The van der Waals surface area contributed by atoms with Crippen LogP contribution < -0.4 is 20.1 Å². The van der Waals surface area contributed by atoms with Crippen LogP contribution in [0.1, 0.15) is 21.7 Å². The zero-order valence-corrected chi connectivity index (χ0v) is 16.1. The van der Waals surface area contributed by atoms with E-state index in [0.29, 0.717) is 33.9 Å². The van der Waals surface area contributed by atoms with Crippen molar-refractivity contribution in [2.45, 2.75) is 0 Å². The number of aromatic nitrogens is 2. The maximum absolute atomic E-state index is 13.3. The normalized spacial score (nSPS) is 12.5. The average Bonchev–Trinajstić information content (AvgIpc) is 3.26. The minimum atomic E-state index is -1.32. The summed E-state index contributed by atoms with van der Waals surface area (Å²) < 4.78 is 12.1. The molecule has 0 unspecified atom stereocenters. The summed E-state index contributed by atoms with van der Waals surface area (Å²) in [6.07, 6.45) is 3.51. The molecule has 0 saturated carbocycles. The molecule has 152 valence electrons. The molecule has 3 aromatic carbocycles. The van der Waals surface area contributed by atoms with Gasteiger partial charge in [-0.15, -0.1) is 0 Å². The molecule has 0 spiro atoms. The average molecular weight is 411 g/mol. The van der Waals surface area contributed by atoms with Gasteiger partial charge < -0.3 is 19.4 Å². The van der Waals surface area contributed by atoms with Gasteiger partial charge in [0.1, 0.15) is 5.82 Å². The molecule has 1 aliphatic rings. The molecule has 4 aromatic rings. The van der Waals surface area contributed by atoms with Crippen molar-refractivity contribution in [3.63, 3.8) is 0 Å². The smallest absolute Gasteiger partial charge is 0.266 e. The number of carboxylic acid groups (broad SMARTS) is 1. The summed E-state index contributed by atoms with van der Waals surface area (Å²) in [4.78, 5) is 29.2. The Labute approximate surface area is 176 Å². The highest BCUT2D eigenvalue weighted by Gasteiger charge is 2.14. The lowest BCUT2D eigenvalue weighted by Gasteiger charge is -2.13. The Hall–Kier alpha value is -4.39. The van der Waals surface area contributed by atoms with E-state index in [9.17, 15) is 14.7 Å². The van der Waals surface area contributed by atoms with Gasteiger partial charge >= 0.3 is 0 Å². The lowest BCUT2D eigenvalue weighted by atomic mass is 10.1. The number of carbonyl (C=O) groups is 1. The second-order valence-corrected chi connectivity index (χ2v) is 6.91. The van der Waals surface area contributed by atoms with Gasteiger partial charge in [-0.05, 0) is 53.6 Å². The lowest BCUT2D eigenvalue weighted by Crippen LogP contribution is -2.25. The summed E-state index contributed by atoms with van der Waals surface area (Å²) in [5.74, 6) is 0.364. The van der Waals surface area contributed by atoms with Crippen molar-refractivity contribution in [2.24, 2.45) is 0 Å². The van der Waals surface area contributed by atoms with Crippen molar-refractivity contribution in [2.75, 3.05) is 6.79 Å². The zero-order chi connectivity index (χ0) is 21.4. The lowest BCUT2D eigenvalue weighted by molar-refractivity contribution is -0.255. The molecule has 1 aliphatic heterocycles. The first-order chi connectivity index (χ1) is 15.1. The topological polar surface area (TPSA) is 93.5 Å². The SMILES string of the molecule is O=C([O-])c1cccc(-n2c(/C=C/c3ccc4c(c3)OCO4)nc3ccccc3c2=O)c1. The van der Waals surface area contributed by atoms with E-state index in [1.54, 1.807) is 48.6 Å². The molecule has 0 fully saturated rings. The fourth-order valence-corrected chi connectivity index (χ4v) is 3.47. The predicted octanol–water partition coefficient (Wildman–Crippen LogP) is 2.65. The molecule has 1 aromatic heterocycles. The van der Waals surface area contributed by atoms with Crippen LogP contribution in [-0.4, -0.2) is 22.3 Å². The molecule has 7 heteroatoms. The second-order valence-electron chi connectivity index (χ2n) is 6.91. The Balaban J connectivity index is 1.68. The van der Waals surface area contributed by atoms with Crippen LogP contribution in [0.5, 0.6) is 11.5 Å². The number of ether oxygens (including phenoxy) is 2.